The lowest BCUT2D eigenvalue weighted by molar-refractivity contribution is 0.689. The molecule has 0 aliphatic carbocycles. The third-order valence-electron chi connectivity index (χ3n) is 2.19. The van der Waals surface area contributed by atoms with Crippen LogP contribution in [0.25, 0.3) is 0 Å². The molecular weight excluding hydrogens is 202 g/mol. The average Bonchev–Trinajstić information content (AvgIpc) is 2.30. The van der Waals surface area contributed by atoms with Gasteiger partial charge in [-0.05, 0) is 19.2 Å². The number of rotatable bonds is 6. The van der Waals surface area contributed by atoms with Crippen LogP contribution < -0.4 is 5.32 Å². The molecule has 0 aliphatic rings. The van der Waals surface area contributed by atoms with Gasteiger partial charge in [-0.3, -0.25) is 0 Å². The quantitative estimate of drug-likeness (QED) is 0.583. The van der Waals surface area contributed by atoms with E-state index in [9.17, 15) is 0 Å². The Morgan fingerprint density at radius 3 is 2.33 bits per heavy atom. The van der Waals surface area contributed by atoms with Gasteiger partial charge in [0.05, 0.1) is 0 Å². The molecule has 2 atom stereocenters. The number of likely N-dealkylation sites (N-methyl/N-ethyl adjacent to an activating group) is 1. The van der Waals surface area contributed by atoms with Crippen molar-refractivity contribution in [2.45, 2.75) is 16.2 Å². The number of nitrogens with one attached hydrogen (secondary N) is 1. The van der Waals surface area contributed by atoms with E-state index < -0.39 is 0 Å². The summed E-state index contributed by atoms with van der Waals surface area (Å²) >= 11 is 1.79. The summed E-state index contributed by atoms with van der Waals surface area (Å²) in [5.74, 6) is 0. The summed E-state index contributed by atoms with van der Waals surface area (Å²) in [6.45, 7) is 7.68. The van der Waals surface area contributed by atoms with Gasteiger partial charge in [-0.2, -0.15) is 0 Å². The first-order chi connectivity index (χ1) is 7.31. The van der Waals surface area contributed by atoms with Gasteiger partial charge in [-0.15, -0.1) is 24.9 Å². The lowest BCUT2D eigenvalue weighted by Gasteiger charge is -2.20. The third-order valence-corrected chi connectivity index (χ3v) is 3.49. The molecule has 0 bridgehead atoms. The van der Waals surface area contributed by atoms with Gasteiger partial charge >= 0.3 is 0 Å². The van der Waals surface area contributed by atoms with E-state index in [4.69, 9.17) is 0 Å². The first kappa shape index (κ1) is 12.1. The van der Waals surface area contributed by atoms with Gasteiger partial charge in [-0.1, -0.05) is 30.4 Å². The summed E-state index contributed by atoms with van der Waals surface area (Å²) in [6.07, 6.45) is 3.88. The molecule has 1 aromatic carbocycles. The Morgan fingerprint density at radius 2 is 1.87 bits per heavy atom. The van der Waals surface area contributed by atoms with E-state index in [0.29, 0.717) is 5.25 Å². The zero-order chi connectivity index (χ0) is 11.1. The van der Waals surface area contributed by atoms with Gasteiger partial charge in [-0.25, -0.2) is 0 Å². The molecule has 1 aromatic rings. The second-order valence-corrected chi connectivity index (χ2v) is 4.43. The van der Waals surface area contributed by atoms with Crippen molar-refractivity contribution < 1.29 is 0 Å². The van der Waals surface area contributed by atoms with E-state index in [1.54, 1.807) is 11.8 Å². The maximum Gasteiger partial charge on any atom is 0.0461 e. The lowest BCUT2D eigenvalue weighted by Crippen LogP contribution is -2.32. The zero-order valence-corrected chi connectivity index (χ0v) is 9.84. The van der Waals surface area contributed by atoms with Crippen LogP contribution in [0.15, 0.2) is 60.5 Å². The molecule has 0 radical (unpaired) electrons. The molecule has 0 saturated carbocycles. The van der Waals surface area contributed by atoms with Crippen molar-refractivity contribution >= 4 is 11.8 Å². The molecule has 80 valence electrons. The molecule has 0 aromatic heterocycles. The Hall–Kier alpha value is -0.990. The van der Waals surface area contributed by atoms with Crippen LogP contribution in [0.2, 0.25) is 0 Å². The highest BCUT2D eigenvalue weighted by Crippen LogP contribution is 2.26. The summed E-state index contributed by atoms with van der Waals surface area (Å²) in [7, 11) is 1.94. The van der Waals surface area contributed by atoms with Crippen LogP contribution in [0.3, 0.4) is 0 Å². The lowest BCUT2D eigenvalue weighted by atomic mass is 10.2. The van der Waals surface area contributed by atoms with Crippen molar-refractivity contribution in [3.8, 4) is 0 Å². The van der Waals surface area contributed by atoms with Crippen LogP contribution in [0, 0.1) is 0 Å². The molecule has 2 unspecified atom stereocenters. The Morgan fingerprint density at radius 1 is 1.20 bits per heavy atom. The van der Waals surface area contributed by atoms with E-state index in [1.165, 1.54) is 4.90 Å². The molecule has 1 nitrogen and oxygen atoms in total. The Balaban J connectivity index is 2.69. The van der Waals surface area contributed by atoms with Crippen molar-refractivity contribution in [1.29, 1.82) is 0 Å². The molecule has 2 heteroatoms. The van der Waals surface area contributed by atoms with Crippen molar-refractivity contribution in [3.63, 3.8) is 0 Å². The first-order valence-electron chi connectivity index (χ1n) is 4.96. The van der Waals surface area contributed by atoms with Crippen LogP contribution in [0.5, 0.6) is 0 Å². The highest BCUT2D eigenvalue weighted by Gasteiger charge is 2.14. The fraction of sp³-hybridized carbons (Fsp3) is 0.231. The summed E-state index contributed by atoms with van der Waals surface area (Å²) in [5.41, 5.74) is 0. The molecule has 0 heterocycles. The van der Waals surface area contributed by atoms with E-state index in [0.717, 1.165) is 0 Å². The Labute approximate surface area is 96.3 Å². The first-order valence-corrected chi connectivity index (χ1v) is 5.84. The molecule has 0 spiro atoms. The monoisotopic (exact) mass is 219 g/mol. The van der Waals surface area contributed by atoms with Crippen molar-refractivity contribution in [1.82, 2.24) is 5.32 Å². The average molecular weight is 219 g/mol. The third kappa shape index (κ3) is 3.57. The van der Waals surface area contributed by atoms with Gasteiger partial charge in [0.1, 0.15) is 0 Å². The van der Waals surface area contributed by atoms with Gasteiger partial charge in [0, 0.05) is 16.2 Å². The smallest absolute Gasteiger partial charge is 0.0461 e. The highest BCUT2D eigenvalue weighted by molar-refractivity contribution is 8.00. The fourth-order valence-electron chi connectivity index (χ4n) is 1.34. The minimum absolute atomic E-state index is 0.257. The highest BCUT2D eigenvalue weighted by atomic mass is 32.2. The number of benzene rings is 1. The number of thioether (sulfide) groups is 1. The molecule has 0 saturated heterocycles. The summed E-state index contributed by atoms with van der Waals surface area (Å²) in [4.78, 5) is 1.25. The minimum atomic E-state index is 0.257. The van der Waals surface area contributed by atoms with Crippen LogP contribution in [0.4, 0.5) is 0 Å². The van der Waals surface area contributed by atoms with Crippen LogP contribution in [0.1, 0.15) is 0 Å². The van der Waals surface area contributed by atoms with E-state index in [2.05, 4.69) is 30.6 Å². The molecule has 0 fully saturated rings. The van der Waals surface area contributed by atoms with Crippen LogP contribution in [-0.4, -0.2) is 18.3 Å². The summed E-state index contributed by atoms with van der Waals surface area (Å²) in [6, 6.07) is 10.6. The molecule has 1 N–H and O–H groups in total. The standard InChI is InChI=1S/C13H17NS/c1-4-12(14-3)13(5-2)15-11-9-7-6-8-10-11/h4-10,12-14H,1-2H2,3H3. The maximum absolute atomic E-state index is 3.87. The van der Waals surface area contributed by atoms with Crippen molar-refractivity contribution in [3.05, 3.63) is 55.6 Å². The van der Waals surface area contributed by atoms with Crippen LogP contribution in [-0.2, 0) is 0 Å². The number of hydrogen-bond acceptors (Lipinski definition) is 2. The molecule has 1 rings (SSSR count). The van der Waals surface area contributed by atoms with E-state index in [-0.39, 0.29) is 6.04 Å². The van der Waals surface area contributed by atoms with Gasteiger partial charge in [0.15, 0.2) is 0 Å². The van der Waals surface area contributed by atoms with Crippen LogP contribution >= 0.6 is 11.8 Å². The Bertz CT molecular complexity index is 308. The van der Waals surface area contributed by atoms with Gasteiger partial charge < -0.3 is 5.32 Å². The minimum Gasteiger partial charge on any atom is -0.312 e. The molecule has 15 heavy (non-hydrogen) atoms. The SMILES string of the molecule is C=CC(NC)C(C=C)Sc1ccccc1. The maximum atomic E-state index is 3.87. The largest absolute Gasteiger partial charge is 0.312 e. The Kier molecular flexibility index (Phi) is 5.22. The fourth-order valence-corrected chi connectivity index (χ4v) is 2.46. The van der Waals surface area contributed by atoms with E-state index >= 15 is 0 Å². The number of hydrogen-bond donors (Lipinski definition) is 1. The van der Waals surface area contributed by atoms with Gasteiger partial charge in [0.2, 0.25) is 0 Å². The van der Waals surface area contributed by atoms with Crippen molar-refractivity contribution in [2.24, 2.45) is 0 Å². The van der Waals surface area contributed by atoms with Crippen molar-refractivity contribution in [2.75, 3.05) is 7.05 Å². The van der Waals surface area contributed by atoms with Gasteiger partial charge in [0.25, 0.3) is 0 Å². The second kappa shape index (κ2) is 6.49. The predicted molar refractivity (Wildman–Crippen MR) is 69.3 cm³/mol. The summed E-state index contributed by atoms with van der Waals surface area (Å²) in [5, 5.41) is 3.53. The predicted octanol–water partition coefficient (Wildman–Crippen LogP) is 3.11. The van der Waals surface area contributed by atoms with E-state index in [1.807, 2.05) is 37.4 Å². The zero-order valence-electron chi connectivity index (χ0n) is 9.02. The normalized spacial score (nSPS) is 14.2. The molecule has 0 aliphatic heterocycles. The topological polar surface area (TPSA) is 12.0 Å². The summed E-state index contributed by atoms with van der Waals surface area (Å²) < 4.78 is 0. The molecular formula is C13H17NS. The second-order valence-electron chi connectivity index (χ2n) is 3.18. The molecule has 0 amide bonds.